The Hall–Kier alpha value is -1.95. The number of amides is 1. The third-order valence-electron chi connectivity index (χ3n) is 2.48. The third-order valence-corrected chi connectivity index (χ3v) is 2.48. The summed E-state index contributed by atoms with van der Waals surface area (Å²) in [6.07, 6.45) is 0.680. The summed E-state index contributed by atoms with van der Waals surface area (Å²) in [4.78, 5) is 21.6. The molecule has 1 rings (SSSR count). The second-order valence-corrected chi connectivity index (χ2v) is 4.08. The van der Waals surface area contributed by atoms with Crippen LogP contribution in [0.5, 0.6) is 0 Å². The van der Waals surface area contributed by atoms with Crippen molar-refractivity contribution in [1.29, 1.82) is 0 Å². The number of hydrogen-bond donors (Lipinski definition) is 2. The number of nitrogens with one attached hydrogen (secondary N) is 1. The maximum absolute atomic E-state index is 11.6. The molecule has 0 spiro atoms. The number of aliphatic hydroxyl groups excluding tert-OH is 1. The molecular formula is C12H16N2O4. The highest BCUT2D eigenvalue weighted by molar-refractivity contribution is 5.78. The second kappa shape index (κ2) is 6.70. The van der Waals surface area contributed by atoms with Gasteiger partial charge in [0.25, 0.3) is 5.69 Å². The van der Waals surface area contributed by atoms with Gasteiger partial charge in [0.05, 0.1) is 11.3 Å². The summed E-state index contributed by atoms with van der Waals surface area (Å²) in [6, 6.07) is 5.79. The second-order valence-electron chi connectivity index (χ2n) is 4.08. The molecule has 0 saturated heterocycles. The predicted octanol–water partition coefficient (Wildman–Crippen LogP) is 1.02. The van der Waals surface area contributed by atoms with Crippen LogP contribution in [0.25, 0.3) is 0 Å². The minimum atomic E-state index is -0.479. The molecule has 1 amide bonds. The van der Waals surface area contributed by atoms with E-state index in [1.54, 1.807) is 12.1 Å². The number of nitro benzene ring substituents is 1. The van der Waals surface area contributed by atoms with Crippen LogP contribution in [0, 0.1) is 10.1 Å². The molecule has 0 fully saturated rings. The lowest BCUT2D eigenvalue weighted by atomic mass is 10.1. The van der Waals surface area contributed by atoms with Gasteiger partial charge in [-0.1, -0.05) is 12.1 Å². The van der Waals surface area contributed by atoms with Gasteiger partial charge in [-0.15, -0.1) is 0 Å². The molecule has 0 saturated carbocycles. The average molecular weight is 252 g/mol. The normalized spacial score (nSPS) is 11.9. The predicted molar refractivity (Wildman–Crippen MR) is 66.1 cm³/mol. The highest BCUT2D eigenvalue weighted by Gasteiger charge is 2.09. The number of carbonyl (C=O) groups is 1. The Morgan fingerprint density at radius 1 is 1.44 bits per heavy atom. The summed E-state index contributed by atoms with van der Waals surface area (Å²) in [5.41, 5.74) is 0.724. The lowest BCUT2D eigenvalue weighted by Gasteiger charge is -2.12. The Balaban J connectivity index is 2.51. The topological polar surface area (TPSA) is 92.5 Å². The first-order chi connectivity index (χ1) is 8.52. The van der Waals surface area contributed by atoms with Gasteiger partial charge in [0, 0.05) is 24.8 Å². The molecule has 1 unspecified atom stereocenters. The Kier molecular flexibility index (Phi) is 5.26. The Bertz CT molecular complexity index is 417. The zero-order valence-corrected chi connectivity index (χ0v) is 10.1. The van der Waals surface area contributed by atoms with E-state index in [2.05, 4.69) is 5.32 Å². The van der Waals surface area contributed by atoms with Crippen molar-refractivity contribution in [1.82, 2.24) is 5.32 Å². The van der Waals surface area contributed by atoms with E-state index >= 15 is 0 Å². The van der Waals surface area contributed by atoms with E-state index in [9.17, 15) is 14.9 Å². The molecule has 6 heteroatoms. The summed E-state index contributed by atoms with van der Waals surface area (Å²) in [5.74, 6) is -0.162. The molecule has 1 aromatic carbocycles. The largest absolute Gasteiger partial charge is 0.396 e. The molecule has 1 aromatic rings. The van der Waals surface area contributed by atoms with Crippen molar-refractivity contribution in [3.05, 3.63) is 39.9 Å². The van der Waals surface area contributed by atoms with E-state index in [0.717, 1.165) is 0 Å². The number of aliphatic hydroxyl groups is 1. The lowest BCUT2D eigenvalue weighted by molar-refractivity contribution is -0.384. The molecule has 0 bridgehead atoms. The quantitative estimate of drug-likeness (QED) is 0.584. The molecule has 2 N–H and O–H groups in total. The molecule has 0 aliphatic carbocycles. The lowest BCUT2D eigenvalue weighted by Crippen LogP contribution is -2.34. The summed E-state index contributed by atoms with van der Waals surface area (Å²) in [6.45, 7) is 1.84. The van der Waals surface area contributed by atoms with Gasteiger partial charge >= 0.3 is 0 Å². The van der Waals surface area contributed by atoms with Gasteiger partial charge in [-0.25, -0.2) is 0 Å². The molecular weight excluding hydrogens is 236 g/mol. The van der Waals surface area contributed by atoms with Crippen LogP contribution < -0.4 is 5.32 Å². The van der Waals surface area contributed by atoms with Crippen molar-refractivity contribution in [3.63, 3.8) is 0 Å². The fourth-order valence-electron chi connectivity index (χ4n) is 1.51. The number of nitrogens with zero attached hydrogens (tertiary/aromatic N) is 1. The van der Waals surface area contributed by atoms with Gasteiger partial charge in [-0.2, -0.15) is 0 Å². The molecule has 6 nitrogen and oxygen atoms in total. The maximum atomic E-state index is 11.6. The van der Waals surface area contributed by atoms with Crippen LogP contribution in [-0.2, 0) is 11.2 Å². The van der Waals surface area contributed by atoms with Crippen LogP contribution in [0.15, 0.2) is 24.3 Å². The SMILES string of the molecule is CC(CCO)NC(=O)Cc1ccc([N+](=O)[O-])cc1. The fourth-order valence-corrected chi connectivity index (χ4v) is 1.51. The molecule has 0 aliphatic heterocycles. The van der Waals surface area contributed by atoms with Crippen molar-refractivity contribution in [2.45, 2.75) is 25.8 Å². The number of rotatable bonds is 6. The number of hydrogen-bond acceptors (Lipinski definition) is 4. The molecule has 1 atom stereocenters. The van der Waals surface area contributed by atoms with Gasteiger partial charge in [0.2, 0.25) is 5.91 Å². The van der Waals surface area contributed by atoms with Crippen molar-refractivity contribution < 1.29 is 14.8 Å². The molecule has 98 valence electrons. The Morgan fingerprint density at radius 3 is 2.56 bits per heavy atom. The van der Waals surface area contributed by atoms with Gasteiger partial charge in [-0.05, 0) is 18.9 Å². The summed E-state index contributed by atoms with van der Waals surface area (Å²) >= 11 is 0. The Morgan fingerprint density at radius 2 is 2.06 bits per heavy atom. The van der Waals surface area contributed by atoms with Crippen LogP contribution in [-0.4, -0.2) is 28.6 Å². The molecule has 0 aliphatic rings. The fraction of sp³-hybridized carbons (Fsp3) is 0.417. The van der Waals surface area contributed by atoms with Gasteiger partial charge in [0.1, 0.15) is 0 Å². The molecule has 0 heterocycles. The molecule has 18 heavy (non-hydrogen) atoms. The number of carbonyl (C=O) groups excluding carboxylic acids is 1. The van der Waals surface area contributed by atoms with Crippen LogP contribution in [0.1, 0.15) is 18.9 Å². The van der Waals surface area contributed by atoms with Crippen molar-refractivity contribution >= 4 is 11.6 Å². The zero-order valence-electron chi connectivity index (χ0n) is 10.1. The smallest absolute Gasteiger partial charge is 0.269 e. The van der Waals surface area contributed by atoms with Gasteiger partial charge < -0.3 is 10.4 Å². The van der Waals surface area contributed by atoms with Crippen LogP contribution in [0.2, 0.25) is 0 Å². The minimum Gasteiger partial charge on any atom is -0.396 e. The van der Waals surface area contributed by atoms with Crippen LogP contribution in [0.3, 0.4) is 0 Å². The average Bonchev–Trinajstić information content (AvgIpc) is 2.29. The zero-order chi connectivity index (χ0) is 13.5. The number of nitro groups is 1. The first kappa shape index (κ1) is 14.1. The van der Waals surface area contributed by atoms with E-state index in [-0.39, 0.29) is 30.7 Å². The van der Waals surface area contributed by atoms with Crippen molar-refractivity contribution in [3.8, 4) is 0 Å². The van der Waals surface area contributed by atoms with Crippen LogP contribution >= 0.6 is 0 Å². The monoisotopic (exact) mass is 252 g/mol. The van der Waals surface area contributed by atoms with E-state index in [0.29, 0.717) is 12.0 Å². The summed E-state index contributed by atoms with van der Waals surface area (Å²) < 4.78 is 0. The highest BCUT2D eigenvalue weighted by atomic mass is 16.6. The Labute approximate surface area is 105 Å². The number of benzene rings is 1. The standard InChI is InChI=1S/C12H16N2O4/c1-9(6-7-15)13-12(16)8-10-2-4-11(5-3-10)14(17)18/h2-5,9,15H,6-8H2,1H3,(H,13,16). The van der Waals surface area contributed by atoms with E-state index < -0.39 is 4.92 Å². The van der Waals surface area contributed by atoms with Crippen LogP contribution in [0.4, 0.5) is 5.69 Å². The summed E-state index contributed by atoms with van der Waals surface area (Å²) in [7, 11) is 0. The molecule has 0 radical (unpaired) electrons. The number of non-ortho nitro benzene ring substituents is 1. The van der Waals surface area contributed by atoms with Gasteiger partial charge in [0.15, 0.2) is 0 Å². The van der Waals surface area contributed by atoms with Crippen molar-refractivity contribution in [2.75, 3.05) is 6.61 Å². The maximum Gasteiger partial charge on any atom is 0.269 e. The van der Waals surface area contributed by atoms with Crippen molar-refractivity contribution in [2.24, 2.45) is 0 Å². The first-order valence-corrected chi connectivity index (χ1v) is 5.66. The first-order valence-electron chi connectivity index (χ1n) is 5.66. The minimum absolute atomic E-state index is 0.00723. The third kappa shape index (κ3) is 4.50. The van der Waals surface area contributed by atoms with E-state index in [4.69, 9.17) is 5.11 Å². The van der Waals surface area contributed by atoms with E-state index in [1.165, 1.54) is 12.1 Å². The van der Waals surface area contributed by atoms with Gasteiger partial charge in [-0.3, -0.25) is 14.9 Å². The highest BCUT2D eigenvalue weighted by Crippen LogP contribution is 2.12. The van der Waals surface area contributed by atoms with E-state index in [1.807, 2.05) is 6.92 Å². The molecule has 0 aromatic heterocycles. The summed E-state index contributed by atoms with van der Waals surface area (Å²) in [5, 5.41) is 21.9.